The minimum absolute atomic E-state index is 0.0376. The molecule has 0 saturated carbocycles. The average Bonchev–Trinajstić information content (AvgIpc) is 2.82. The third-order valence-electron chi connectivity index (χ3n) is 4.78. The number of ether oxygens (including phenoxy) is 2. The van der Waals surface area contributed by atoms with Gasteiger partial charge in [0.05, 0.1) is 23.0 Å². The van der Waals surface area contributed by atoms with E-state index in [1.54, 1.807) is 60.7 Å². The molecule has 4 rings (SSSR count). The van der Waals surface area contributed by atoms with E-state index < -0.39 is 11.9 Å². The first kappa shape index (κ1) is 21.0. The van der Waals surface area contributed by atoms with Crippen LogP contribution in [0.1, 0.15) is 28.0 Å². The molecule has 32 heavy (non-hydrogen) atoms. The summed E-state index contributed by atoms with van der Waals surface area (Å²) in [5.74, 6) is -0.435. The number of H-pyrrole nitrogens is 1. The highest BCUT2D eigenvalue weighted by Crippen LogP contribution is 2.13. The summed E-state index contributed by atoms with van der Waals surface area (Å²) in [7, 11) is 0. The van der Waals surface area contributed by atoms with Crippen LogP contribution >= 0.6 is 0 Å². The first-order valence-electron chi connectivity index (χ1n) is 10.1. The predicted molar refractivity (Wildman–Crippen MR) is 118 cm³/mol. The van der Waals surface area contributed by atoms with Crippen LogP contribution < -0.4 is 10.3 Å². The lowest BCUT2D eigenvalue weighted by Crippen LogP contribution is -2.17. The van der Waals surface area contributed by atoms with E-state index in [2.05, 4.69) is 9.97 Å². The van der Waals surface area contributed by atoms with Crippen LogP contribution in [0.25, 0.3) is 11.0 Å². The van der Waals surface area contributed by atoms with Gasteiger partial charge >= 0.3 is 11.9 Å². The molecule has 4 aromatic rings. The van der Waals surface area contributed by atoms with Crippen LogP contribution in [-0.2, 0) is 22.6 Å². The van der Waals surface area contributed by atoms with Crippen LogP contribution in [0.4, 0.5) is 0 Å². The number of benzene rings is 3. The molecule has 0 radical (unpaired) electrons. The molecule has 0 atom stereocenters. The summed E-state index contributed by atoms with van der Waals surface area (Å²) in [6.07, 6.45) is 0.221. The van der Waals surface area contributed by atoms with Crippen LogP contribution in [0.3, 0.4) is 0 Å². The minimum Gasteiger partial charge on any atom is -0.461 e. The van der Waals surface area contributed by atoms with Gasteiger partial charge in [-0.25, -0.2) is 9.78 Å². The lowest BCUT2D eigenvalue weighted by Gasteiger charge is -2.07. The summed E-state index contributed by atoms with van der Waals surface area (Å²) in [5.41, 5.74) is 2.43. The van der Waals surface area contributed by atoms with Crippen molar-refractivity contribution in [2.24, 2.45) is 0 Å². The van der Waals surface area contributed by atoms with Crippen molar-refractivity contribution in [2.45, 2.75) is 19.4 Å². The number of carbonyl (C=O) groups is 2. The van der Waals surface area contributed by atoms with Crippen molar-refractivity contribution in [3.05, 3.63) is 106 Å². The molecule has 3 aromatic carbocycles. The molecule has 160 valence electrons. The zero-order valence-electron chi connectivity index (χ0n) is 17.1. The molecule has 1 heterocycles. The molecule has 0 fully saturated rings. The molecule has 0 saturated heterocycles. The van der Waals surface area contributed by atoms with Crippen molar-refractivity contribution in [3.8, 4) is 5.75 Å². The third kappa shape index (κ3) is 5.26. The molecule has 1 aromatic heterocycles. The largest absolute Gasteiger partial charge is 0.461 e. The zero-order valence-corrected chi connectivity index (χ0v) is 17.1. The van der Waals surface area contributed by atoms with Gasteiger partial charge in [0.2, 0.25) is 0 Å². The highest BCUT2D eigenvalue weighted by Gasteiger charge is 2.11. The van der Waals surface area contributed by atoms with Gasteiger partial charge in [-0.3, -0.25) is 9.59 Å². The Morgan fingerprint density at radius 1 is 0.875 bits per heavy atom. The Kier molecular flexibility index (Phi) is 6.36. The first-order chi connectivity index (χ1) is 15.6. The molecule has 0 bridgehead atoms. The smallest absolute Gasteiger partial charge is 0.343 e. The topological polar surface area (TPSA) is 98.4 Å². The molecule has 1 N–H and O–H groups in total. The number of fused-ring (bicyclic) bond motifs is 1. The number of hydrogen-bond donors (Lipinski definition) is 1. The van der Waals surface area contributed by atoms with E-state index in [-0.39, 0.29) is 25.0 Å². The van der Waals surface area contributed by atoms with E-state index in [0.717, 1.165) is 5.56 Å². The Morgan fingerprint density at radius 3 is 2.38 bits per heavy atom. The number of nitrogens with one attached hydrogen (secondary N) is 1. The molecular formula is C25H20N2O5. The second-order valence-corrected chi connectivity index (χ2v) is 7.09. The normalized spacial score (nSPS) is 10.6. The van der Waals surface area contributed by atoms with E-state index in [4.69, 9.17) is 9.47 Å². The number of nitrogens with zero attached hydrogens (tertiary/aromatic N) is 1. The Balaban J connectivity index is 1.28. The van der Waals surface area contributed by atoms with Crippen molar-refractivity contribution in [2.75, 3.05) is 0 Å². The highest BCUT2D eigenvalue weighted by atomic mass is 16.5. The summed E-state index contributed by atoms with van der Waals surface area (Å²) in [6.45, 7) is 0.0638. The summed E-state index contributed by atoms with van der Waals surface area (Å²) in [6, 6.07) is 22.7. The average molecular weight is 428 g/mol. The predicted octanol–water partition coefficient (Wildman–Crippen LogP) is 3.82. The number of rotatable bonds is 7. The first-order valence-corrected chi connectivity index (χ1v) is 10.1. The van der Waals surface area contributed by atoms with Gasteiger partial charge in [0.25, 0.3) is 5.56 Å². The molecule has 7 nitrogen and oxygen atoms in total. The number of aryl methyl sites for hydroxylation is 1. The minimum atomic E-state index is -0.465. The SMILES string of the molecule is O=C(CCc1nc2ccccc2[nH]c1=O)OCc1ccc(C(=O)Oc2ccccc2)cc1. The van der Waals surface area contributed by atoms with Crippen molar-refractivity contribution >= 4 is 23.0 Å². The quantitative estimate of drug-likeness (QED) is 0.355. The Morgan fingerprint density at radius 2 is 1.59 bits per heavy atom. The van der Waals surface area contributed by atoms with E-state index in [0.29, 0.717) is 28.0 Å². The number of hydrogen-bond acceptors (Lipinski definition) is 6. The van der Waals surface area contributed by atoms with Crippen LogP contribution in [0.5, 0.6) is 5.75 Å². The van der Waals surface area contributed by atoms with Gasteiger partial charge in [-0.1, -0.05) is 42.5 Å². The maximum Gasteiger partial charge on any atom is 0.343 e. The van der Waals surface area contributed by atoms with E-state index in [1.807, 2.05) is 18.2 Å². The van der Waals surface area contributed by atoms with Crippen LogP contribution in [0, 0.1) is 0 Å². The monoisotopic (exact) mass is 428 g/mol. The van der Waals surface area contributed by atoms with Crippen molar-refractivity contribution in [3.63, 3.8) is 0 Å². The second kappa shape index (κ2) is 9.70. The summed E-state index contributed by atoms with van der Waals surface area (Å²) in [4.78, 5) is 43.5. The van der Waals surface area contributed by atoms with Gasteiger partial charge in [-0.2, -0.15) is 0 Å². The zero-order chi connectivity index (χ0) is 22.3. The van der Waals surface area contributed by atoms with Crippen molar-refractivity contribution in [1.29, 1.82) is 0 Å². The number of aromatic nitrogens is 2. The number of esters is 2. The van der Waals surface area contributed by atoms with E-state index in [9.17, 15) is 14.4 Å². The number of carbonyl (C=O) groups excluding carboxylic acids is 2. The van der Waals surface area contributed by atoms with Gasteiger partial charge < -0.3 is 14.5 Å². The highest BCUT2D eigenvalue weighted by molar-refractivity contribution is 5.91. The summed E-state index contributed by atoms with van der Waals surface area (Å²) >= 11 is 0. The van der Waals surface area contributed by atoms with Gasteiger partial charge in [-0.15, -0.1) is 0 Å². The molecule has 0 unspecified atom stereocenters. The third-order valence-corrected chi connectivity index (χ3v) is 4.78. The fourth-order valence-electron chi connectivity index (χ4n) is 3.08. The fourth-order valence-corrected chi connectivity index (χ4v) is 3.08. The molecular weight excluding hydrogens is 408 g/mol. The van der Waals surface area contributed by atoms with Gasteiger partial charge in [0, 0.05) is 6.42 Å². The number of para-hydroxylation sites is 3. The van der Waals surface area contributed by atoms with Gasteiger partial charge in [-0.05, 0) is 42.0 Å². The fraction of sp³-hybridized carbons (Fsp3) is 0.120. The molecule has 0 amide bonds. The van der Waals surface area contributed by atoms with Gasteiger partial charge in [0.1, 0.15) is 18.1 Å². The Labute approximate surface area is 183 Å². The lowest BCUT2D eigenvalue weighted by atomic mass is 10.1. The van der Waals surface area contributed by atoms with Crippen LogP contribution in [0.2, 0.25) is 0 Å². The second-order valence-electron chi connectivity index (χ2n) is 7.09. The van der Waals surface area contributed by atoms with Crippen molar-refractivity contribution < 1.29 is 19.1 Å². The molecule has 0 aliphatic heterocycles. The van der Waals surface area contributed by atoms with Crippen LogP contribution in [0.15, 0.2) is 83.7 Å². The maximum atomic E-state index is 12.2. The van der Waals surface area contributed by atoms with Crippen LogP contribution in [-0.4, -0.2) is 21.9 Å². The number of aromatic amines is 1. The molecule has 7 heteroatoms. The Bertz CT molecular complexity index is 1300. The lowest BCUT2D eigenvalue weighted by molar-refractivity contribution is -0.144. The Hall–Kier alpha value is -4.26. The molecule has 0 aliphatic carbocycles. The van der Waals surface area contributed by atoms with E-state index in [1.165, 1.54) is 0 Å². The standard InChI is InChI=1S/C25H20N2O5/c28-23(15-14-22-24(29)27-21-9-5-4-8-20(21)26-22)31-16-17-10-12-18(13-11-17)25(30)32-19-6-2-1-3-7-19/h1-13H,14-16H2,(H,27,29). The van der Waals surface area contributed by atoms with Crippen molar-refractivity contribution in [1.82, 2.24) is 9.97 Å². The molecule has 0 spiro atoms. The molecule has 0 aliphatic rings. The van der Waals surface area contributed by atoms with Gasteiger partial charge in [0.15, 0.2) is 0 Å². The summed E-state index contributed by atoms with van der Waals surface area (Å²) in [5, 5.41) is 0. The maximum absolute atomic E-state index is 12.2. The van der Waals surface area contributed by atoms with E-state index >= 15 is 0 Å². The summed E-state index contributed by atoms with van der Waals surface area (Å²) < 4.78 is 10.6.